The zero-order chi connectivity index (χ0) is 30.9. The summed E-state index contributed by atoms with van der Waals surface area (Å²) < 4.78 is 53.1. The van der Waals surface area contributed by atoms with E-state index in [9.17, 15) is 18.0 Å². The first kappa shape index (κ1) is 30.2. The van der Waals surface area contributed by atoms with Gasteiger partial charge in [-0.2, -0.15) is 13.2 Å². The summed E-state index contributed by atoms with van der Waals surface area (Å²) in [5.74, 6) is 6.14. The molecule has 3 aliphatic rings. The fourth-order valence-corrected chi connectivity index (χ4v) is 6.71. The highest BCUT2D eigenvalue weighted by molar-refractivity contribution is 5.95. The molecule has 1 saturated carbocycles. The van der Waals surface area contributed by atoms with Gasteiger partial charge in [0.25, 0.3) is 5.91 Å². The van der Waals surface area contributed by atoms with Crippen LogP contribution in [0.15, 0.2) is 42.5 Å². The Hall–Kier alpha value is -3.88. The average Bonchev–Trinajstić information content (AvgIpc) is 3.30. The van der Waals surface area contributed by atoms with Gasteiger partial charge >= 0.3 is 6.18 Å². The van der Waals surface area contributed by atoms with Crippen LogP contribution in [0.3, 0.4) is 0 Å². The van der Waals surface area contributed by atoms with Crippen LogP contribution in [0.4, 0.5) is 24.5 Å². The van der Waals surface area contributed by atoms with Crippen LogP contribution in [0.25, 0.3) is 10.9 Å². The molecular formula is C33H38F3N5O3. The van der Waals surface area contributed by atoms with Gasteiger partial charge in [0, 0.05) is 54.3 Å². The third kappa shape index (κ3) is 6.33. The Morgan fingerprint density at radius 2 is 1.86 bits per heavy atom. The maximum Gasteiger partial charge on any atom is 0.406 e. The van der Waals surface area contributed by atoms with Crippen molar-refractivity contribution >= 4 is 28.2 Å². The molecule has 2 saturated heterocycles. The molecule has 0 radical (unpaired) electrons. The van der Waals surface area contributed by atoms with Gasteiger partial charge in [0.05, 0.1) is 43.8 Å². The van der Waals surface area contributed by atoms with E-state index < -0.39 is 12.7 Å². The van der Waals surface area contributed by atoms with Crippen molar-refractivity contribution in [2.24, 2.45) is 5.41 Å². The maximum absolute atomic E-state index is 13.7. The number of carbonyl (C=O) groups excluding carboxylic acids is 1. The number of alkyl halides is 3. The highest BCUT2D eigenvalue weighted by Crippen LogP contribution is 2.41. The molecule has 0 atom stereocenters. The minimum absolute atomic E-state index is 0.169. The summed E-state index contributed by atoms with van der Waals surface area (Å²) >= 11 is 0. The highest BCUT2D eigenvalue weighted by atomic mass is 19.4. The Kier molecular flexibility index (Phi) is 8.40. The summed E-state index contributed by atoms with van der Waals surface area (Å²) in [6.45, 7) is 3.11. The highest BCUT2D eigenvalue weighted by Gasteiger charge is 2.50. The summed E-state index contributed by atoms with van der Waals surface area (Å²) in [6.07, 6.45) is -0.124. The van der Waals surface area contributed by atoms with Crippen LogP contribution in [0.1, 0.15) is 41.7 Å². The molecule has 44 heavy (non-hydrogen) atoms. The number of aromatic nitrogens is 1. The van der Waals surface area contributed by atoms with Crippen LogP contribution < -0.4 is 20.7 Å². The predicted octanol–water partition coefficient (Wildman–Crippen LogP) is 5.09. The van der Waals surface area contributed by atoms with Crippen molar-refractivity contribution in [2.75, 3.05) is 57.6 Å². The van der Waals surface area contributed by atoms with Crippen molar-refractivity contribution in [1.29, 1.82) is 0 Å². The quantitative estimate of drug-likeness (QED) is 0.309. The minimum Gasteiger partial charge on any atom is -0.495 e. The van der Waals surface area contributed by atoms with Gasteiger partial charge in [-0.25, -0.2) is 0 Å². The number of nitrogens with one attached hydrogen (secondary N) is 3. The molecule has 1 aliphatic carbocycles. The van der Waals surface area contributed by atoms with Crippen LogP contribution >= 0.6 is 0 Å². The second-order valence-electron chi connectivity index (χ2n) is 12.2. The number of benzene rings is 2. The first-order valence-electron chi connectivity index (χ1n) is 15.1. The van der Waals surface area contributed by atoms with Crippen molar-refractivity contribution in [3.05, 3.63) is 53.7 Å². The van der Waals surface area contributed by atoms with Gasteiger partial charge in [-0.1, -0.05) is 12.0 Å². The van der Waals surface area contributed by atoms with Crippen LogP contribution in [-0.4, -0.2) is 80.6 Å². The average molecular weight is 610 g/mol. The lowest BCUT2D eigenvalue weighted by molar-refractivity contribution is -0.200. The second kappa shape index (κ2) is 12.3. The van der Waals surface area contributed by atoms with Gasteiger partial charge in [0.1, 0.15) is 12.3 Å². The van der Waals surface area contributed by atoms with Crippen LogP contribution in [0.5, 0.6) is 5.75 Å². The van der Waals surface area contributed by atoms with Gasteiger partial charge < -0.3 is 30.0 Å². The lowest BCUT2D eigenvalue weighted by atomic mass is 9.75. The lowest BCUT2D eigenvalue weighted by Crippen LogP contribution is -2.68. The molecule has 2 aliphatic heterocycles. The Labute approximate surface area is 255 Å². The van der Waals surface area contributed by atoms with E-state index in [1.165, 1.54) is 11.7 Å². The van der Waals surface area contributed by atoms with Crippen LogP contribution in [0.2, 0.25) is 0 Å². The third-order valence-electron chi connectivity index (χ3n) is 9.02. The molecule has 1 spiro atoms. The first-order chi connectivity index (χ1) is 21.2. The summed E-state index contributed by atoms with van der Waals surface area (Å²) in [5.41, 5.74) is 3.12. The molecule has 11 heteroatoms. The van der Waals surface area contributed by atoms with Gasteiger partial charge in [-0.05, 0) is 68.0 Å². The number of rotatable bonds is 8. The SMILES string of the molecule is CNC(=O)c1ccc(NCC#Cc2cc3c(NC4CCC(N5CC6(COC6)C5)CC4)cccc3n2CC(F)(F)F)c(OC)c1. The molecule has 3 heterocycles. The minimum atomic E-state index is -4.40. The number of halogens is 3. The molecule has 1 amide bonds. The second-order valence-corrected chi connectivity index (χ2v) is 12.2. The molecule has 234 valence electrons. The van der Waals surface area contributed by atoms with E-state index in [1.807, 2.05) is 6.07 Å². The smallest absolute Gasteiger partial charge is 0.406 e. The van der Waals surface area contributed by atoms with E-state index in [4.69, 9.17) is 9.47 Å². The van der Waals surface area contributed by atoms with E-state index in [2.05, 4.69) is 32.7 Å². The zero-order valence-corrected chi connectivity index (χ0v) is 25.0. The van der Waals surface area contributed by atoms with Gasteiger partial charge in [0.2, 0.25) is 0 Å². The van der Waals surface area contributed by atoms with Crippen molar-refractivity contribution < 1.29 is 27.4 Å². The molecule has 0 bridgehead atoms. The Bertz CT molecular complexity index is 1570. The largest absolute Gasteiger partial charge is 0.495 e. The molecule has 3 N–H and O–H groups in total. The lowest BCUT2D eigenvalue weighted by Gasteiger charge is -2.58. The van der Waals surface area contributed by atoms with Crippen molar-refractivity contribution in [1.82, 2.24) is 14.8 Å². The monoisotopic (exact) mass is 609 g/mol. The predicted molar refractivity (Wildman–Crippen MR) is 164 cm³/mol. The molecule has 2 aromatic carbocycles. The Morgan fingerprint density at radius 1 is 1.09 bits per heavy atom. The fourth-order valence-electron chi connectivity index (χ4n) is 6.71. The number of nitrogens with zero attached hydrogens (tertiary/aromatic N) is 2. The maximum atomic E-state index is 13.7. The number of hydrogen-bond donors (Lipinski definition) is 3. The van der Waals surface area contributed by atoms with E-state index >= 15 is 0 Å². The Balaban J connectivity index is 1.15. The van der Waals surface area contributed by atoms with Crippen LogP contribution in [0, 0.1) is 17.3 Å². The van der Waals surface area contributed by atoms with Gasteiger partial charge in [0.15, 0.2) is 0 Å². The molecule has 0 unspecified atom stereocenters. The molecule has 6 rings (SSSR count). The van der Waals surface area contributed by atoms with Gasteiger partial charge in [-0.15, -0.1) is 0 Å². The van der Waals surface area contributed by atoms with Crippen molar-refractivity contribution in [3.8, 4) is 17.6 Å². The number of anilines is 2. The first-order valence-corrected chi connectivity index (χ1v) is 15.1. The summed E-state index contributed by atoms with van der Waals surface area (Å²) in [4.78, 5) is 14.5. The number of likely N-dealkylation sites (tertiary alicyclic amines) is 1. The molecule has 1 aromatic heterocycles. The number of ether oxygens (including phenoxy) is 2. The Morgan fingerprint density at radius 3 is 2.52 bits per heavy atom. The molecule has 3 fully saturated rings. The standard InChI is InChI=1S/C33H38F3N5O3/c1-37-31(42)22-8-13-28(30(15-22)43-2)38-14-4-5-25-16-26-27(6-3-7-29(26)41(25)19-33(34,35)36)39-23-9-11-24(12-10-23)40-17-32(18-40)20-44-21-32/h3,6-8,13,15-16,23-24,38-39H,9-12,14,17-21H2,1-2H3,(H,37,42). The summed E-state index contributed by atoms with van der Waals surface area (Å²) in [6, 6.07) is 13.1. The fraction of sp³-hybridized carbons (Fsp3) is 0.485. The van der Waals surface area contributed by atoms with Crippen molar-refractivity contribution in [3.63, 3.8) is 0 Å². The summed E-state index contributed by atoms with van der Waals surface area (Å²) in [5, 5.41) is 10.1. The molecular weight excluding hydrogens is 571 g/mol. The van der Waals surface area contributed by atoms with E-state index in [0.29, 0.717) is 39.7 Å². The summed E-state index contributed by atoms with van der Waals surface area (Å²) in [7, 11) is 3.05. The topological polar surface area (TPSA) is 79.8 Å². The number of fused-ring (bicyclic) bond motifs is 1. The zero-order valence-electron chi connectivity index (χ0n) is 25.0. The van der Waals surface area contributed by atoms with E-state index in [-0.39, 0.29) is 18.5 Å². The molecule has 3 aromatic rings. The van der Waals surface area contributed by atoms with Gasteiger partial charge in [-0.3, -0.25) is 9.69 Å². The number of amides is 1. The third-order valence-corrected chi connectivity index (χ3v) is 9.02. The van der Waals surface area contributed by atoms with E-state index in [0.717, 1.165) is 63.1 Å². The number of carbonyl (C=O) groups is 1. The van der Waals surface area contributed by atoms with E-state index in [1.54, 1.807) is 43.4 Å². The number of methoxy groups -OCH3 is 1. The number of hydrogen-bond acceptors (Lipinski definition) is 6. The normalized spacial score (nSPS) is 21.1. The van der Waals surface area contributed by atoms with Crippen molar-refractivity contribution in [2.45, 2.75) is 50.5 Å². The van der Waals surface area contributed by atoms with Crippen LogP contribution in [-0.2, 0) is 11.3 Å². The molecule has 8 nitrogen and oxygen atoms in total.